The van der Waals surface area contributed by atoms with Gasteiger partial charge in [0, 0.05) is 55.3 Å². The molecule has 2 aromatic heterocycles. The minimum absolute atomic E-state index is 0.0990. The molecule has 0 bridgehead atoms. The Balaban J connectivity index is 2.07. The zero-order valence-electron chi connectivity index (χ0n) is 15.4. The molecule has 2 aromatic rings. The van der Waals surface area contributed by atoms with Crippen molar-refractivity contribution >= 4 is 17.7 Å². The Morgan fingerprint density at radius 3 is 2.64 bits per heavy atom. The number of thioether (sulfide) groups is 1. The number of amides is 1. The Kier molecular flexibility index (Phi) is 7.46. The van der Waals surface area contributed by atoms with Gasteiger partial charge in [-0.3, -0.25) is 14.5 Å². The first-order valence-electron chi connectivity index (χ1n) is 8.39. The maximum absolute atomic E-state index is 12.7. The van der Waals surface area contributed by atoms with Gasteiger partial charge < -0.3 is 9.64 Å². The number of carbonyl (C=O) groups is 1. The van der Waals surface area contributed by atoms with Crippen molar-refractivity contribution in [2.24, 2.45) is 0 Å². The molecule has 0 aliphatic rings. The van der Waals surface area contributed by atoms with Crippen LogP contribution in [0.2, 0.25) is 0 Å². The number of aromatic nitrogens is 3. The van der Waals surface area contributed by atoms with Crippen LogP contribution in [-0.4, -0.2) is 51.6 Å². The van der Waals surface area contributed by atoms with Gasteiger partial charge in [-0.15, -0.1) is 11.8 Å². The largest absolute Gasteiger partial charge is 0.383 e. The normalized spacial score (nSPS) is 10.9. The molecule has 0 radical (unpaired) electrons. The molecule has 136 valence electrons. The number of nitrogens with zero attached hydrogens (tertiary/aromatic N) is 4. The molecule has 2 rings (SSSR count). The molecule has 6 nitrogen and oxygen atoms in total. The summed E-state index contributed by atoms with van der Waals surface area (Å²) in [7, 11) is 1.65. The van der Waals surface area contributed by atoms with Gasteiger partial charge in [0.2, 0.25) is 5.91 Å². The fraction of sp³-hybridized carbons (Fsp3) is 0.500. The van der Waals surface area contributed by atoms with Crippen LogP contribution in [0.15, 0.2) is 29.4 Å². The SMILES string of the molecule is CCn1nc(C)c(CN(CCOC)C(=O)CSc2ccncc2)c1C. The molecule has 7 heteroatoms. The van der Waals surface area contributed by atoms with Crippen LogP contribution in [-0.2, 0) is 22.6 Å². The van der Waals surface area contributed by atoms with Gasteiger partial charge in [-0.2, -0.15) is 5.10 Å². The molecule has 0 aliphatic heterocycles. The minimum atomic E-state index is 0.0990. The molecule has 0 N–H and O–H groups in total. The van der Waals surface area contributed by atoms with Crippen molar-refractivity contribution < 1.29 is 9.53 Å². The molecule has 0 atom stereocenters. The molecule has 0 fully saturated rings. The van der Waals surface area contributed by atoms with Gasteiger partial charge in [0.25, 0.3) is 0 Å². The molecule has 2 heterocycles. The molecule has 0 saturated carbocycles. The number of rotatable bonds is 9. The second-order valence-electron chi connectivity index (χ2n) is 5.74. The van der Waals surface area contributed by atoms with Crippen LogP contribution in [0.3, 0.4) is 0 Å². The van der Waals surface area contributed by atoms with Crippen LogP contribution in [0.1, 0.15) is 23.9 Å². The monoisotopic (exact) mass is 362 g/mol. The first kappa shape index (κ1) is 19.5. The van der Waals surface area contributed by atoms with E-state index >= 15 is 0 Å². The van der Waals surface area contributed by atoms with Gasteiger partial charge in [-0.1, -0.05) is 0 Å². The molecule has 1 amide bonds. The van der Waals surface area contributed by atoms with E-state index in [1.165, 1.54) is 11.8 Å². The predicted molar refractivity (Wildman–Crippen MR) is 99.6 cm³/mol. The lowest BCUT2D eigenvalue weighted by Crippen LogP contribution is -2.35. The lowest BCUT2D eigenvalue weighted by molar-refractivity contribution is -0.129. The third kappa shape index (κ3) is 5.31. The van der Waals surface area contributed by atoms with Crippen LogP contribution in [0, 0.1) is 13.8 Å². The second-order valence-corrected chi connectivity index (χ2v) is 6.79. The number of methoxy groups -OCH3 is 1. The summed E-state index contributed by atoms with van der Waals surface area (Å²) in [6.45, 7) is 8.62. The van der Waals surface area contributed by atoms with E-state index in [4.69, 9.17) is 4.74 Å². The quantitative estimate of drug-likeness (QED) is 0.642. The number of carbonyl (C=O) groups excluding carboxylic acids is 1. The lowest BCUT2D eigenvalue weighted by atomic mass is 10.2. The second kappa shape index (κ2) is 9.58. The number of pyridine rings is 1. The Morgan fingerprint density at radius 1 is 1.32 bits per heavy atom. The number of hydrogen-bond acceptors (Lipinski definition) is 5. The van der Waals surface area contributed by atoms with Crippen LogP contribution >= 0.6 is 11.8 Å². The topological polar surface area (TPSA) is 60.2 Å². The molecule has 0 aliphatic carbocycles. The maximum atomic E-state index is 12.7. The highest BCUT2D eigenvalue weighted by atomic mass is 32.2. The van der Waals surface area contributed by atoms with Gasteiger partial charge in [-0.05, 0) is 32.9 Å². The van der Waals surface area contributed by atoms with E-state index in [1.54, 1.807) is 19.5 Å². The number of aryl methyl sites for hydroxylation is 2. The van der Waals surface area contributed by atoms with E-state index in [0.717, 1.165) is 28.4 Å². The highest BCUT2D eigenvalue weighted by Crippen LogP contribution is 2.19. The standard InChI is InChI=1S/C18H26N4O2S/c1-5-22-15(3)17(14(2)20-22)12-21(10-11-24-4)18(23)13-25-16-6-8-19-9-7-16/h6-9H,5,10-13H2,1-4H3. The fourth-order valence-corrected chi connectivity index (χ4v) is 3.41. The van der Waals surface area contributed by atoms with Crippen molar-refractivity contribution in [3.63, 3.8) is 0 Å². The van der Waals surface area contributed by atoms with E-state index in [-0.39, 0.29) is 5.91 Å². The Hall–Kier alpha value is -1.86. The Bertz CT molecular complexity index is 688. The van der Waals surface area contributed by atoms with E-state index in [0.29, 0.717) is 25.4 Å². The van der Waals surface area contributed by atoms with E-state index < -0.39 is 0 Å². The molecular weight excluding hydrogens is 336 g/mol. The summed E-state index contributed by atoms with van der Waals surface area (Å²) in [4.78, 5) is 19.6. The minimum Gasteiger partial charge on any atom is -0.383 e. The van der Waals surface area contributed by atoms with Gasteiger partial charge >= 0.3 is 0 Å². The van der Waals surface area contributed by atoms with Crippen LogP contribution in [0.5, 0.6) is 0 Å². The zero-order valence-corrected chi connectivity index (χ0v) is 16.2. The summed E-state index contributed by atoms with van der Waals surface area (Å²) in [6, 6.07) is 3.83. The molecular formula is C18H26N4O2S. The number of hydrogen-bond donors (Lipinski definition) is 0. The smallest absolute Gasteiger partial charge is 0.233 e. The maximum Gasteiger partial charge on any atom is 0.233 e. The lowest BCUT2D eigenvalue weighted by Gasteiger charge is -2.22. The van der Waals surface area contributed by atoms with Gasteiger partial charge in [0.1, 0.15) is 0 Å². The predicted octanol–water partition coefficient (Wildman–Crippen LogP) is 2.68. The third-order valence-electron chi connectivity index (χ3n) is 4.11. The number of ether oxygens (including phenoxy) is 1. The van der Waals surface area contributed by atoms with E-state index in [2.05, 4.69) is 23.9 Å². The van der Waals surface area contributed by atoms with E-state index in [1.807, 2.05) is 28.6 Å². The molecule has 0 aromatic carbocycles. The highest BCUT2D eigenvalue weighted by Gasteiger charge is 2.19. The third-order valence-corrected chi connectivity index (χ3v) is 5.11. The van der Waals surface area contributed by atoms with Crippen LogP contribution < -0.4 is 0 Å². The van der Waals surface area contributed by atoms with Crippen molar-refractivity contribution in [1.82, 2.24) is 19.7 Å². The molecule has 0 saturated heterocycles. The Morgan fingerprint density at radius 2 is 2.04 bits per heavy atom. The van der Waals surface area contributed by atoms with Crippen molar-refractivity contribution in [2.75, 3.05) is 26.0 Å². The summed E-state index contributed by atoms with van der Waals surface area (Å²) in [6.07, 6.45) is 3.47. The summed E-state index contributed by atoms with van der Waals surface area (Å²) in [5, 5.41) is 4.55. The average molecular weight is 362 g/mol. The first-order chi connectivity index (χ1) is 12.1. The first-order valence-corrected chi connectivity index (χ1v) is 9.37. The van der Waals surface area contributed by atoms with Crippen LogP contribution in [0.25, 0.3) is 0 Å². The molecule has 0 spiro atoms. The summed E-state index contributed by atoms with van der Waals surface area (Å²) < 4.78 is 7.16. The molecule has 0 unspecified atom stereocenters. The Labute approximate surface area is 153 Å². The van der Waals surface area contributed by atoms with Gasteiger partial charge in [-0.25, -0.2) is 0 Å². The van der Waals surface area contributed by atoms with E-state index in [9.17, 15) is 4.79 Å². The van der Waals surface area contributed by atoms with Gasteiger partial charge in [0.05, 0.1) is 18.1 Å². The van der Waals surface area contributed by atoms with Crippen LogP contribution in [0.4, 0.5) is 0 Å². The summed E-state index contributed by atoms with van der Waals surface area (Å²) in [5.74, 6) is 0.496. The fourth-order valence-electron chi connectivity index (χ4n) is 2.63. The zero-order chi connectivity index (χ0) is 18.2. The van der Waals surface area contributed by atoms with Crippen molar-refractivity contribution in [3.05, 3.63) is 41.5 Å². The molecule has 25 heavy (non-hydrogen) atoms. The van der Waals surface area contributed by atoms with Gasteiger partial charge in [0.15, 0.2) is 0 Å². The van der Waals surface area contributed by atoms with Crippen molar-refractivity contribution in [2.45, 2.75) is 38.8 Å². The summed E-state index contributed by atoms with van der Waals surface area (Å²) >= 11 is 1.53. The van der Waals surface area contributed by atoms with Crippen molar-refractivity contribution in [3.8, 4) is 0 Å². The summed E-state index contributed by atoms with van der Waals surface area (Å²) in [5.41, 5.74) is 3.23. The van der Waals surface area contributed by atoms with Crippen molar-refractivity contribution in [1.29, 1.82) is 0 Å². The highest BCUT2D eigenvalue weighted by molar-refractivity contribution is 8.00. The average Bonchev–Trinajstić information content (AvgIpc) is 2.91.